The van der Waals surface area contributed by atoms with Crippen molar-refractivity contribution in [3.8, 4) is 0 Å². The highest BCUT2D eigenvalue weighted by Gasteiger charge is 2.39. The van der Waals surface area contributed by atoms with Crippen LogP contribution in [0.4, 0.5) is 18.9 Å². The van der Waals surface area contributed by atoms with E-state index < -0.39 is 27.8 Å². The lowest BCUT2D eigenvalue weighted by molar-refractivity contribution is -0.137. The molecule has 4 nitrogen and oxygen atoms in total. The van der Waals surface area contributed by atoms with Crippen LogP contribution in [0.3, 0.4) is 0 Å². The first-order valence-electron chi connectivity index (χ1n) is 13.3. The first-order chi connectivity index (χ1) is 18.2. The lowest BCUT2D eigenvalue weighted by Gasteiger charge is -2.45. The van der Waals surface area contributed by atoms with Gasteiger partial charge in [-0.15, -0.1) is 0 Å². The molecule has 5 rings (SSSR count). The summed E-state index contributed by atoms with van der Waals surface area (Å²) in [6, 6.07) is 23.2. The van der Waals surface area contributed by atoms with E-state index in [0.717, 1.165) is 25.0 Å². The molecule has 1 aliphatic heterocycles. The van der Waals surface area contributed by atoms with Gasteiger partial charge < -0.3 is 0 Å². The Morgan fingerprint density at radius 3 is 2.05 bits per heavy atom. The zero-order chi connectivity index (χ0) is 26.8. The van der Waals surface area contributed by atoms with E-state index in [4.69, 9.17) is 0 Å². The molecule has 1 aliphatic carbocycles. The predicted octanol–water partition coefficient (Wildman–Crippen LogP) is 7.09. The third-order valence-electron chi connectivity index (χ3n) is 7.98. The van der Waals surface area contributed by atoms with Crippen molar-refractivity contribution in [1.29, 1.82) is 0 Å². The van der Waals surface area contributed by atoms with E-state index in [1.807, 2.05) is 6.07 Å². The highest BCUT2D eigenvalue weighted by atomic mass is 32.2. The van der Waals surface area contributed by atoms with Gasteiger partial charge in [0, 0.05) is 25.2 Å². The van der Waals surface area contributed by atoms with Gasteiger partial charge in [0.25, 0.3) is 10.0 Å². The Bertz CT molecular complexity index is 1310. The molecule has 0 bridgehead atoms. The van der Waals surface area contributed by atoms with Crippen LogP contribution < -0.4 is 4.31 Å². The molecule has 0 radical (unpaired) electrons. The fourth-order valence-corrected chi connectivity index (χ4v) is 7.88. The second kappa shape index (κ2) is 11.1. The van der Waals surface area contributed by atoms with E-state index in [0.29, 0.717) is 37.9 Å². The predicted molar refractivity (Wildman–Crippen MR) is 144 cm³/mol. The summed E-state index contributed by atoms with van der Waals surface area (Å²) in [6.45, 7) is 1.41. The molecule has 38 heavy (non-hydrogen) atoms. The number of benzene rings is 3. The van der Waals surface area contributed by atoms with Crippen LogP contribution in [0.5, 0.6) is 0 Å². The van der Waals surface area contributed by atoms with Crippen LogP contribution in [0.15, 0.2) is 89.8 Å². The number of hydrogen-bond acceptors (Lipinski definition) is 3. The number of sulfonamides is 1. The Labute approximate surface area is 223 Å². The summed E-state index contributed by atoms with van der Waals surface area (Å²) in [5, 5.41) is 0. The van der Waals surface area contributed by atoms with E-state index in [1.165, 1.54) is 47.0 Å². The van der Waals surface area contributed by atoms with Gasteiger partial charge in [0.15, 0.2) is 0 Å². The van der Waals surface area contributed by atoms with Crippen molar-refractivity contribution >= 4 is 15.7 Å². The highest BCUT2D eigenvalue weighted by Crippen LogP contribution is 2.39. The number of piperidine rings is 1. The fraction of sp³-hybridized carbons (Fsp3) is 0.400. The van der Waals surface area contributed by atoms with Gasteiger partial charge in [0.05, 0.1) is 16.1 Å². The smallest absolute Gasteiger partial charge is 0.300 e. The largest absolute Gasteiger partial charge is 0.416 e. The molecule has 0 amide bonds. The topological polar surface area (TPSA) is 40.6 Å². The monoisotopic (exact) mass is 542 g/mol. The summed E-state index contributed by atoms with van der Waals surface area (Å²) in [7, 11) is -4.06. The first-order valence-corrected chi connectivity index (χ1v) is 14.7. The maximum absolute atomic E-state index is 13.8. The quantitative estimate of drug-likeness (QED) is 0.334. The second-order valence-electron chi connectivity index (χ2n) is 10.3. The Hall–Kier alpha value is -2.84. The van der Waals surface area contributed by atoms with Gasteiger partial charge in [-0.05, 0) is 67.5 Å². The Morgan fingerprint density at radius 2 is 1.39 bits per heavy atom. The minimum Gasteiger partial charge on any atom is -0.300 e. The number of anilines is 1. The molecular formula is C30H33F3N2O2S. The molecule has 8 heteroatoms. The lowest BCUT2D eigenvalue weighted by atomic mass is 9.78. The van der Waals surface area contributed by atoms with Gasteiger partial charge >= 0.3 is 6.18 Å². The molecule has 3 aromatic rings. The van der Waals surface area contributed by atoms with Crippen LogP contribution in [-0.4, -0.2) is 38.5 Å². The van der Waals surface area contributed by atoms with Gasteiger partial charge in [-0.25, -0.2) is 8.42 Å². The standard InChI is InChI=1S/C30H33F3N2O2S/c31-30(32,33)24-12-9-13-26(22-24)35(38(36,37)27-14-5-2-6-15-27)25-18-20-34(21-19-25)29-17-8-7-16-28(29)23-10-3-1-4-11-23/h1-6,9-15,22,25,28-29H,7-8,16-21H2/t28-,29-/m1/s1. The molecule has 2 atom stereocenters. The number of nitrogens with zero attached hydrogens (tertiary/aromatic N) is 2. The summed E-state index contributed by atoms with van der Waals surface area (Å²) in [5.74, 6) is 0.439. The molecule has 1 saturated heterocycles. The van der Waals surface area contributed by atoms with Crippen LogP contribution in [0.2, 0.25) is 0 Å². The van der Waals surface area contributed by atoms with Gasteiger partial charge in [-0.1, -0.05) is 67.4 Å². The molecule has 1 saturated carbocycles. The Morgan fingerprint density at radius 1 is 0.763 bits per heavy atom. The zero-order valence-electron chi connectivity index (χ0n) is 21.2. The molecule has 0 spiro atoms. The van der Waals surface area contributed by atoms with Crippen molar-refractivity contribution in [2.45, 2.75) is 67.6 Å². The molecule has 0 N–H and O–H groups in total. The zero-order valence-corrected chi connectivity index (χ0v) is 22.0. The average molecular weight is 543 g/mol. The molecule has 2 fully saturated rings. The summed E-state index contributed by atoms with van der Waals surface area (Å²) < 4.78 is 69.6. The summed E-state index contributed by atoms with van der Waals surface area (Å²) in [6.07, 6.45) is 1.16. The van der Waals surface area contributed by atoms with Crippen LogP contribution in [0.1, 0.15) is 55.6 Å². The van der Waals surface area contributed by atoms with Gasteiger partial charge in [-0.2, -0.15) is 13.2 Å². The third kappa shape index (κ3) is 5.61. The Balaban J connectivity index is 1.42. The van der Waals surface area contributed by atoms with Crippen molar-refractivity contribution in [3.63, 3.8) is 0 Å². The van der Waals surface area contributed by atoms with Crippen LogP contribution in [0, 0.1) is 0 Å². The maximum Gasteiger partial charge on any atom is 0.416 e. The summed E-state index contributed by atoms with van der Waals surface area (Å²) in [5.41, 5.74) is 0.548. The van der Waals surface area contributed by atoms with Crippen LogP contribution >= 0.6 is 0 Å². The maximum atomic E-state index is 13.8. The van der Waals surface area contributed by atoms with Crippen LogP contribution in [-0.2, 0) is 16.2 Å². The average Bonchev–Trinajstić information content (AvgIpc) is 2.94. The summed E-state index contributed by atoms with van der Waals surface area (Å²) in [4.78, 5) is 2.56. The molecule has 202 valence electrons. The van der Waals surface area contributed by atoms with Gasteiger partial charge in [0.2, 0.25) is 0 Å². The van der Waals surface area contributed by atoms with Crippen molar-refractivity contribution in [2.24, 2.45) is 0 Å². The minimum atomic E-state index is -4.56. The molecular weight excluding hydrogens is 509 g/mol. The molecule has 2 aliphatic rings. The van der Waals surface area contributed by atoms with E-state index in [-0.39, 0.29) is 10.6 Å². The van der Waals surface area contributed by atoms with Gasteiger partial charge in [-0.3, -0.25) is 9.21 Å². The van der Waals surface area contributed by atoms with Crippen LogP contribution in [0.25, 0.3) is 0 Å². The third-order valence-corrected chi connectivity index (χ3v) is 9.88. The highest BCUT2D eigenvalue weighted by molar-refractivity contribution is 7.92. The molecule has 0 unspecified atom stereocenters. The number of likely N-dealkylation sites (tertiary alicyclic amines) is 1. The lowest BCUT2D eigenvalue weighted by Crippen LogP contribution is -2.51. The van der Waals surface area contributed by atoms with E-state index >= 15 is 0 Å². The SMILES string of the molecule is O=S(=O)(c1ccccc1)N(c1cccc(C(F)(F)F)c1)C1CCN([C@@H]2CCCC[C@@H]2c2ccccc2)CC1. The number of alkyl halides is 3. The van der Waals surface area contributed by atoms with Crippen molar-refractivity contribution in [2.75, 3.05) is 17.4 Å². The van der Waals surface area contributed by atoms with E-state index in [9.17, 15) is 21.6 Å². The number of rotatable bonds is 6. The molecule has 3 aromatic carbocycles. The second-order valence-corrected chi connectivity index (χ2v) is 12.1. The first kappa shape index (κ1) is 26.8. The van der Waals surface area contributed by atoms with Crippen molar-refractivity contribution in [3.05, 3.63) is 96.1 Å². The van der Waals surface area contributed by atoms with Gasteiger partial charge in [0.1, 0.15) is 0 Å². The number of hydrogen-bond donors (Lipinski definition) is 0. The van der Waals surface area contributed by atoms with E-state index in [1.54, 1.807) is 18.2 Å². The van der Waals surface area contributed by atoms with Crippen molar-refractivity contribution in [1.82, 2.24) is 4.90 Å². The molecule has 1 heterocycles. The normalized spacial score (nSPS) is 21.8. The minimum absolute atomic E-state index is 0.0574. The summed E-state index contributed by atoms with van der Waals surface area (Å²) >= 11 is 0. The van der Waals surface area contributed by atoms with Crippen molar-refractivity contribution < 1.29 is 21.6 Å². The number of halogens is 3. The fourth-order valence-electron chi connectivity index (χ4n) is 6.16. The molecule has 0 aromatic heterocycles. The van der Waals surface area contributed by atoms with E-state index in [2.05, 4.69) is 29.2 Å². The Kier molecular flexibility index (Phi) is 7.82.